The van der Waals surface area contributed by atoms with Crippen LogP contribution < -0.4 is 5.32 Å². The molecular weight excluding hydrogens is 214 g/mol. The lowest BCUT2D eigenvalue weighted by Crippen LogP contribution is -2.13. The van der Waals surface area contributed by atoms with Crippen LogP contribution in [0.15, 0.2) is 4.34 Å². The van der Waals surface area contributed by atoms with Crippen molar-refractivity contribution in [2.75, 3.05) is 11.1 Å². The molecule has 1 fully saturated rings. The summed E-state index contributed by atoms with van der Waals surface area (Å²) in [5.41, 5.74) is 0. The van der Waals surface area contributed by atoms with Crippen molar-refractivity contribution in [1.29, 1.82) is 0 Å². The predicted octanol–water partition coefficient (Wildman–Crippen LogP) is 3.00. The first-order valence-corrected chi connectivity index (χ1v) is 6.91. The zero-order valence-corrected chi connectivity index (χ0v) is 9.96. The summed E-state index contributed by atoms with van der Waals surface area (Å²) in [7, 11) is 0. The average molecular weight is 229 g/mol. The summed E-state index contributed by atoms with van der Waals surface area (Å²) in [5, 5.41) is 12.7. The Labute approximate surface area is 92.7 Å². The van der Waals surface area contributed by atoms with Gasteiger partial charge in [-0.05, 0) is 18.6 Å². The van der Waals surface area contributed by atoms with E-state index in [0.29, 0.717) is 6.04 Å². The van der Waals surface area contributed by atoms with Crippen LogP contribution in [0.5, 0.6) is 0 Å². The van der Waals surface area contributed by atoms with Crippen LogP contribution in [0.3, 0.4) is 0 Å². The molecule has 0 amide bonds. The number of hydrogen-bond donors (Lipinski definition) is 1. The first kappa shape index (κ1) is 10.2. The molecule has 1 heterocycles. The van der Waals surface area contributed by atoms with Crippen LogP contribution >= 0.6 is 23.1 Å². The van der Waals surface area contributed by atoms with E-state index in [1.54, 1.807) is 23.1 Å². The molecule has 1 N–H and O–H groups in total. The van der Waals surface area contributed by atoms with E-state index in [1.807, 2.05) is 0 Å². The topological polar surface area (TPSA) is 37.8 Å². The number of thioether (sulfide) groups is 1. The van der Waals surface area contributed by atoms with Gasteiger partial charge in [0.2, 0.25) is 5.13 Å². The second-order valence-electron chi connectivity index (χ2n) is 3.43. The molecule has 0 spiro atoms. The van der Waals surface area contributed by atoms with Gasteiger partial charge in [0.05, 0.1) is 0 Å². The van der Waals surface area contributed by atoms with Crippen LogP contribution in [0.4, 0.5) is 5.13 Å². The van der Waals surface area contributed by atoms with E-state index in [4.69, 9.17) is 0 Å². The van der Waals surface area contributed by atoms with Crippen molar-refractivity contribution in [2.45, 2.75) is 43.0 Å². The summed E-state index contributed by atoms with van der Waals surface area (Å²) in [5.74, 6) is 1.07. The van der Waals surface area contributed by atoms with Crippen LogP contribution in [-0.2, 0) is 0 Å². The number of hydrogen-bond acceptors (Lipinski definition) is 5. The summed E-state index contributed by atoms with van der Waals surface area (Å²) in [6, 6.07) is 0.641. The number of aromatic nitrogens is 2. The molecule has 1 aliphatic carbocycles. The summed E-state index contributed by atoms with van der Waals surface area (Å²) < 4.78 is 1.08. The second kappa shape index (κ2) is 4.98. The maximum absolute atomic E-state index is 4.13. The number of anilines is 1. The lowest BCUT2D eigenvalue weighted by atomic mass is 10.3. The monoisotopic (exact) mass is 229 g/mol. The first-order valence-electron chi connectivity index (χ1n) is 5.11. The molecule has 1 aromatic heterocycles. The molecule has 2 rings (SSSR count). The highest BCUT2D eigenvalue weighted by atomic mass is 32.2. The van der Waals surface area contributed by atoms with Crippen LogP contribution in [-0.4, -0.2) is 22.0 Å². The molecule has 3 nitrogen and oxygen atoms in total. The van der Waals surface area contributed by atoms with Crippen molar-refractivity contribution in [3.63, 3.8) is 0 Å². The lowest BCUT2D eigenvalue weighted by molar-refractivity contribution is 0.751. The number of nitrogens with one attached hydrogen (secondary N) is 1. The maximum Gasteiger partial charge on any atom is 0.206 e. The fourth-order valence-corrected chi connectivity index (χ4v) is 3.42. The van der Waals surface area contributed by atoms with E-state index >= 15 is 0 Å². The minimum Gasteiger partial charge on any atom is -0.357 e. The van der Waals surface area contributed by atoms with Crippen LogP contribution in [0, 0.1) is 0 Å². The molecule has 5 heteroatoms. The molecule has 1 aliphatic rings. The molecule has 0 aromatic carbocycles. The van der Waals surface area contributed by atoms with E-state index in [-0.39, 0.29) is 0 Å². The fraction of sp³-hybridized carbons (Fsp3) is 0.778. The Morgan fingerprint density at radius 3 is 2.93 bits per heavy atom. The lowest BCUT2D eigenvalue weighted by Gasteiger charge is -2.08. The highest BCUT2D eigenvalue weighted by Gasteiger charge is 2.16. The largest absolute Gasteiger partial charge is 0.357 e. The Bertz CT molecular complexity index is 281. The second-order valence-corrected chi connectivity index (χ2v) is 5.92. The van der Waals surface area contributed by atoms with Gasteiger partial charge in [-0.25, -0.2) is 0 Å². The first-order chi connectivity index (χ1) is 6.88. The van der Waals surface area contributed by atoms with Crippen molar-refractivity contribution in [1.82, 2.24) is 10.2 Å². The van der Waals surface area contributed by atoms with Gasteiger partial charge in [0.25, 0.3) is 0 Å². The summed E-state index contributed by atoms with van der Waals surface area (Å²) >= 11 is 3.43. The third-order valence-corrected chi connectivity index (χ3v) is 4.23. The third-order valence-electron chi connectivity index (χ3n) is 2.36. The normalized spacial score (nSPS) is 17.5. The van der Waals surface area contributed by atoms with Gasteiger partial charge < -0.3 is 5.32 Å². The molecule has 14 heavy (non-hydrogen) atoms. The van der Waals surface area contributed by atoms with Gasteiger partial charge >= 0.3 is 0 Å². The molecule has 0 atom stereocenters. The molecule has 0 radical (unpaired) electrons. The molecule has 1 aromatic rings. The van der Waals surface area contributed by atoms with Gasteiger partial charge in [-0.1, -0.05) is 42.9 Å². The van der Waals surface area contributed by atoms with Gasteiger partial charge in [-0.15, -0.1) is 10.2 Å². The highest BCUT2D eigenvalue weighted by Crippen LogP contribution is 2.28. The Kier molecular flexibility index (Phi) is 3.64. The fourth-order valence-electron chi connectivity index (χ4n) is 1.69. The third kappa shape index (κ3) is 2.60. The summed E-state index contributed by atoms with van der Waals surface area (Å²) in [4.78, 5) is 0. The van der Waals surface area contributed by atoms with E-state index < -0.39 is 0 Å². The van der Waals surface area contributed by atoms with Gasteiger partial charge in [0.15, 0.2) is 4.34 Å². The highest BCUT2D eigenvalue weighted by molar-refractivity contribution is 8.01. The van der Waals surface area contributed by atoms with Crippen LogP contribution in [0.1, 0.15) is 32.6 Å². The minimum atomic E-state index is 0.641. The molecule has 78 valence electrons. The number of nitrogens with zero attached hydrogens (tertiary/aromatic N) is 2. The molecule has 0 bridgehead atoms. The van der Waals surface area contributed by atoms with Gasteiger partial charge in [0, 0.05) is 6.04 Å². The summed E-state index contributed by atoms with van der Waals surface area (Å²) in [6.07, 6.45) is 5.28. The Balaban J connectivity index is 1.88. The van der Waals surface area contributed by atoms with E-state index in [9.17, 15) is 0 Å². The van der Waals surface area contributed by atoms with Crippen molar-refractivity contribution in [2.24, 2.45) is 0 Å². The van der Waals surface area contributed by atoms with Crippen molar-refractivity contribution >= 4 is 28.2 Å². The quantitative estimate of drug-likeness (QED) is 0.805. The molecule has 0 saturated heterocycles. The maximum atomic E-state index is 4.13. The van der Waals surface area contributed by atoms with Crippen molar-refractivity contribution in [3.8, 4) is 0 Å². The van der Waals surface area contributed by atoms with Gasteiger partial charge in [-0.2, -0.15) is 0 Å². The Morgan fingerprint density at radius 2 is 2.21 bits per heavy atom. The van der Waals surface area contributed by atoms with E-state index in [2.05, 4.69) is 22.4 Å². The SMILES string of the molecule is CCSc1nnc(NC2CCCC2)s1. The minimum absolute atomic E-state index is 0.641. The van der Waals surface area contributed by atoms with Crippen LogP contribution in [0.2, 0.25) is 0 Å². The standard InChI is InChI=1S/C9H15N3S2/c1-2-13-9-12-11-8(14-9)10-7-5-3-4-6-7/h7H,2-6H2,1H3,(H,10,11). The van der Waals surface area contributed by atoms with Crippen molar-refractivity contribution < 1.29 is 0 Å². The zero-order chi connectivity index (χ0) is 9.80. The molecule has 0 unspecified atom stereocenters. The predicted molar refractivity (Wildman–Crippen MR) is 62.2 cm³/mol. The summed E-state index contributed by atoms with van der Waals surface area (Å²) in [6.45, 7) is 2.14. The van der Waals surface area contributed by atoms with E-state index in [1.165, 1.54) is 25.7 Å². The average Bonchev–Trinajstić information content (AvgIpc) is 2.79. The molecule has 0 aliphatic heterocycles. The molecule has 1 saturated carbocycles. The van der Waals surface area contributed by atoms with Gasteiger partial charge in [0.1, 0.15) is 0 Å². The van der Waals surface area contributed by atoms with Gasteiger partial charge in [-0.3, -0.25) is 0 Å². The Morgan fingerprint density at radius 1 is 1.43 bits per heavy atom. The number of rotatable bonds is 4. The van der Waals surface area contributed by atoms with Crippen molar-refractivity contribution in [3.05, 3.63) is 0 Å². The van der Waals surface area contributed by atoms with Crippen LogP contribution in [0.25, 0.3) is 0 Å². The Hall–Kier alpha value is -0.290. The zero-order valence-electron chi connectivity index (χ0n) is 8.32. The molecular formula is C9H15N3S2. The van der Waals surface area contributed by atoms with E-state index in [0.717, 1.165) is 15.2 Å². The smallest absolute Gasteiger partial charge is 0.206 e.